The highest BCUT2D eigenvalue weighted by molar-refractivity contribution is 6.35. The van der Waals surface area contributed by atoms with Gasteiger partial charge in [0.05, 0.1) is 10.5 Å². The second-order valence-corrected chi connectivity index (χ2v) is 5.08. The average molecular weight is 283 g/mol. The molecule has 1 aliphatic rings. The fraction of sp³-hybridized carbons (Fsp3) is 0.462. The Kier molecular flexibility index (Phi) is 4.37. The van der Waals surface area contributed by atoms with Crippen molar-refractivity contribution in [3.63, 3.8) is 0 Å². The Bertz CT molecular complexity index is 499. The van der Waals surface area contributed by atoms with E-state index in [0.29, 0.717) is 0 Å². The van der Waals surface area contributed by atoms with Crippen LogP contribution in [0, 0.1) is 10.1 Å². The molecule has 0 aromatic heterocycles. The maximum Gasteiger partial charge on any atom is 0.288 e. The van der Waals surface area contributed by atoms with Crippen LogP contribution in [0.15, 0.2) is 18.2 Å². The third-order valence-corrected chi connectivity index (χ3v) is 3.76. The average Bonchev–Trinajstić information content (AvgIpc) is 2.39. The van der Waals surface area contributed by atoms with Crippen LogP contribution in [0.4, 0.5) is 5.69 Å². The van der Waals surface area contributed by atoms with Gasteiger partial charge in [-0.05, 0) is 18.9 Å². The number of nitrogens with zero attached hydrogens (tertiary/aromatic N) is 1. The van der Waals surface area contributed by atoms with Gasteiger partial charge in [-0.1, -0.05) is 36.9 Å². The molecule has 0 bridgehead atoms. The summed E-state index contributed by atoms with van der Waals surface area (Å²) >= 11 is 5.91. The van der Waals surface area contributed by atoms with Gasteiger partial charge in [0.15, 0.2) is 0 Å². The molecule has 102 valence electrons. The van der Waals surface area contributed by atoms with Crippen LogP contribution >= 0.6 is 11.6 Å². The van der Waals surface area contributed by atoms with Crippen molar-refractivity contribution in [1.82, 2.24) is 5.32 Å². The van der Waals surface area contributed by atoms with Crippen molar-refractivity contribution in [3.8, 4) is 0 Å². The Morgan fingerprint density at radius 1 is 1.32 bits per heavy atom. The summed E-state index contributed by atoms with van der Waals surface area (Å²) in [7, 11) is 0. The highest BCUT2D eigenvalue weighted by Gasteiger charge is 2.22. The van der Waals surface area contributed by atoms with Gasteiger partial charge in [0.1, 0.15) is 5.02 Å². The van der Waals surface area contributed by atoms with Gasteiger partial charge in [0.2, 0.25) is 0 Å². The molecule has 1 fully saturated rings. The predicted molar refractivity (Wildman–Crippen MR) is 72.4 cm³/mol. The van der Waals surface area contributed by atoms with Crippen molar-refractivity contribution in [2.45, 2.75) is 38.1 Å². The summed E-state index contributed by atoms with van der Waals surface area (Å²) in [5, 5.41) is 13.6. The molecule has 1 N–H and O–H groups in total. The fourth-order valence-corrected chi connectivity index (χ4v) is 2.63. The molecule has 5 nitrogen and oxygen atoms in total. The second-order valence-electron chi connectivity index (χ2n) is 4.70. The minimum Gasteiger partial charge on any atom is -0.349 e. The lowest BCUT2D eigenvalue weighted by molar-refractivity contribution is -0.384. The quantitative estimate of drug-likeness (QED) is 0.683. The first-order valence-electron chi connectivity index (χ1n) is 6.33. The molecule has 0 saturated heterocycles. The van der Waals surface area contributed by atoms with E-state index in [2.05, 4.69) is 5.32 Å². The zero-order chi connectivity index (χ0) is 13.8. The highest BCUT2D eigenvalue weighted by Crippen LogP contribution is 2.28. The SMILES string of the molecule is O=C(NC1CCCCC1)c1cccc([N+](=O)[O-])c1Cl. The van der Waals surface area contributed by atoms with Gasteiger partial charge >= 0.3 is 0 Å². The van der Waals surface area contributed by atoms with Gasteiger partial charge in [-0.15, -0.1) is 0 Å². The smallest absolute Gasteiger partial charge is 0.288 e. The van der Waals surface area contributed by atoms with Crippen LogP contribution in [0.25, 0.3) is 0 Å². The molecule has 19 heavy (non-hydrogen) atoms. The zero-order valence-electron chi connectivity index (χ0n) is 10.4. The number of carbonyl (C=O) groups is 1. The number of amides is 1. The van der Waals surface area contributed by atoms with E-state index in [1.807, 2.05) is 0 Å². The number of hydrogen-bond acceptors (Lipinski definition) is 3. The topological polar surface area (TPSA) is 72.2 Å². The van der Waals surface area contributed by atoms with Gasteiger partial charge in [-0.25, -0.2) is 0 Å². The van der Waals surface area contributed by atoms with E-state index >= 15 is 0 Å². The Morgan fingerprint density at radius 3 is 2.63 bits per heavy atom. The van der Waals surface area contributed by atoms with Crippen molar-refractivity contribution < 1.29 is 9.72 Å². The lowest BCUT2D eigenvalue weighted by Gasteiger charge is -2.22. The molecule has 1 aromatic rings. The summed E-state index contributed by atoms with van der Waals surface area (Å²) in [5.74, 6) is -0.333. The molecular weight excluding hydrogens is 268 g/mol. The van der Waals surface area contributed by atoms with E-state index in [-0.39, 0.29) is 28.2 Å². The van der Waals surface area contributed by atoms with E-state index in [0.717, 1.165) is 25.7 Å². The molecular formula is C13H15ClN2O3. The van der Waals surface area contributed by atoms with E-state index in [1.165, 1.54) is 24.6 Å². The normalized spacial score (nSPS) is 16.1. The first-order chi connectivity index (χ1) is 9.09. The van der Waals surface area contributed by atoms with Crippen molar-refractivity contribution in [3.05, 3.63) is 38.9 Å². The van der Waals surface area contributed by atoms with Crippen molar-refractivity contribution in [1.29, 1.82) is 0 Å². The van der Waals surface area contributed by atoms with Crippen LogP contribution in [0.1, 0.15) is 42.5 Å². The Labute approximate surface area is 116 Å². The third-order valence-electron chi connectivity index (χ3n) is 3.36. The van der Waals surface area contributed by atoms with E-state index < -0.39 is 4.92 Å². The molecule has 0 radical (unpaired) electrons. The minimum atomic E-state index is -0.584. The van der Waals surface area contributed by atoms with Gasteiger partial charge in [-0.2, -0.15) is 0 Å². The van der Waals surface area contributed by atoms with Crippen molar-refractivity contribution in [2.24, 2.45) is 0 Å². The molecule has 0 spiro atoms. The molecule has 1 aliphatic carbocycles. The number of nitrogens with one attached hydrogen (secondary N) is 1. The van der Waals surface area contributed by atoms with E-state index in [1.54, 1.807) is 0 Å². The van der Waals surface area contributed by atoms with Gasteiger partial charge in [-0.3, -0.25) is 14.9 Å². The van der Waals surface area contributed by atoms with Gasteiger partial charge in [0, 0.05) is 12.1 Å². The number of halogens is 1. The maximum absolute atomic E-state index is 12.1. The number of nitro groups is 1. The Morgan fingerprint density at radius 2 is 2.00 bits per heavy atom. The lowest BCUT2D eigenvalue weighted by atomic mass is 9.95. The van der Waals surface area contributed by atoms with Gasteiger partial charge < -0.3 is 5.32 Å². The summed E-state index contributed by atoms with van der Waals surface area (Å²) in [6.07, 6.45) is 5.32. The largest absolute Gasteiger partial charge is 0.349 e. The first-order valence-corrected chi connectivity index (χ1v) is 6.71. The predicted octanol–water partition coefficient (Wildman–Crippen LogP) is 3.31. The molecule has 0 atom stereocenters. The second kappa shape index (κ2) is 6.02. The monoisotopic (exact) mass is 282 g/mol. The summed E-state index contributed by atoms with van der Waals surface area (Å²) in [4.78, 5) is 22.3. The fourth-order valence-electron chi connectivity index (χ4n) is 2.35. The number of rotatable bonds is 3. The van der Waals surface area contributed by atoms with Crippen LogP contribution in [-0.4, -0.2) is 16.9 Å². The summed E-state index contributed by atoms with van der Waals surface area (Å²) in [5.41, 5.74) is -0.0700. The number of hydrogen-bond donors (Lipinski definition) is 1. The van der Waals surface area contributed by atoms with Crippen LogP contribution in [-0.2, 0) is 0 Å². The molecule has 1 aromatic carbocycles. The molecule has 1 amide bonds. The minimum absolute atomic E-state index is 0.0965. The molecule has 6 heteroatoms. The summed E-state index contributed by atoms with van der Waals surface area (Å²) < 4.78 is 0. The number of carbonyl (C=O) groups excluding carboxylic acids is 1. The highest BCUT2D eigenvalue weighted by atomic mass is 35.5. The molecule has 2 rings (SSSR count). The van der Waals surface area contributed by atoms with Crippen LogP contribution < -0.4 is 5.32 Å². The number of benzene rings is 1. The lowest BCUT2D eigenvalue weighted by Crippen LogP contribution is -2.36. The van der Waals surface area contributed by atoms with Crippen LogP contribution in [0.2, 0.25) is 5.02 Å². The molecule has 1 saturated carbocycles. The summed E-state index contributed by atoms with van der Waals surface area (Å²) in [6.45, 7) is 0. The van der Waals surface area contributed by atoms with Crippen molar-refractivity contribution in [2.75, 3.05) is 0 Å². The molecule has 0 heterocycles. The van der Waals surface area contributed by atoms with Crippen LogP contribution in [0.3, 0.4) is 0 Å². The van der Waals surface area contributed by atoms with E-state index in [9.17, 15) is 14.9 Å². The zero-order valence-corrected chi connectivity index (χ0v) is 11.2. The summed E-state index contributed by atoms with van der Waals surface area (Å²) in [6, 6.07) is 4.42. The Hall–Kier alpha value is -1.62. The van der Waals surface area contributed by atoms with Gasteiger partial charge in [0.25, 0.3) is 11.6 Å². The molecule has 0 aliphatic heterocycles. The standard InChI is InChI=1S/C13H15ClN2O3/c14-12-10(7-4-8-11(12)16(18)19)13(17)15-9-5-2-1-3-6-9/h4,7-9H,1-3,5-6H2,(H,15,17). The third kappa shape index (κ3) is 3.23. The molecule has 0 unspecified atom stereocenters. The van der Waals surface area contributed by atoms with Crippen molar-refractivity contribution >= 4 is 23.2 Å². The first kappa shape index (κ1) is 13.8. The number of nitro benzene ring substituents is 1. The maximum atomic E-state index is 12.1. The van der Waals surface area contributed by atoms with Crippen LogP contribution in [0.5, 0.6) is 0 Å². The Balaban J connectivity index is 2.14. The van der Waals surface area contributed by atoms with E-state index in [4.69, 9.17) is 11.6 Å².